The van der Waals surface area contributed by atoms with E-state index in [1.54, 1.807) is 11.8 Å². The van der Waals surface area contributed by atoms with Crippen molar-refractivity contribution in [2.24, 2.45) is 0 Å². The molecule has 1 aromatic heterocycles. The molecular formula is C18H19N3S. The van der Waals surface area contributed by atoms with Gasteiger partial charge in [0, 0.05) is 54.1 Å². The maximum absolute atomic E-state index is 4.56. The number of rotatable bonds is 1. The SMILES string of the molecule is CN1CCN(C2=Cc3cccnc3Sc3ccccc32)CC1. The van der Waals surface area contributed by atoms with E-state index in [1.807, 2.05) is 12.3 Å². The molecule has 4 heteroatoms. The Labute approximate surface area is 135 Å². The lowest BCUT2D eigenvalue weighted by atomic mass is 10.1. The molecule has 0 aliphatic carbocycles. The van der Waals surface area contributed by atoms with Crippen molar-refractivity contribution < 1.29 is 0 Å². The standard InChI is InChI=1S/C18H19N3S/c1-20-9-11-21(12-10-20)16-13-14-5-4-8-19-18(14)22-17-7-3-2-6-15(16)17/h2-8,13H,9-12H2,1H3. The van der Waals surface area contributed by atoms with Crippen LogP contribution >= 0.6 is 11.8 Å². The van der Waals surface area contributed by atoms with E-state index in [9.17, 15) is 0 Å². The molecule has 2 aliphatic rings. The maximum atomic E-state index is 4.56. The van der Waals surface area contributed by atoms with E-state index in [-0.39, 0.29) is 0 Å². The maximum Gasteiger partial charge on any atom is 0.108 e. The third kappa shape index (κ3) is 2.53. The number of pyridine rings is 1. The molecule has 0 N–H and O–H groups in total. The Balaban J connectivity index is 1.82. The van der Waals surface area contributed by atoms with Crippen LogP contribution in [0.3, 0.4) is 0 Å². The molecule has 0 spiro atoms. The second-order valence-electron chi connectivity index (χ2n) is 5.82. The second kappa shape index (κ2) is 5.78. The zero-order valence-electron chi connectivity index (χ0n) is 12.7. The molecule has 22 heavy (non-hydrogen) atoms. The number of piperazine rings is 1. The molecule has 0 atom stereocenters. The van der Waals surface area contributed by atoms with Gasteiger partial charge in [0.2, 0.25) is 0 Å². The molecule has 0 saturated carbocycles. The van der Waals surface area contributed by atoms with Gasteiger partial charge >= 0.3 is 0 Å². The summed E-state index contributed by atoms with van der Waals surface area (Å²) in [7, 11) is 2.20. The van der Waals surface area contributed by atoms with Gasteiger partial charge in [-0.2, -0.15) is 0 Å². The van der Waals surface area contributed by atoms with Crippen LogP contribution in [0, 0.1) is 0 Å². The molecule has 0 amide bonds. The minimum absolute atomic E-state index is 1.08. The highest BCUT2D eigenvalue weighted by Gasteiger charge is 2.22. The zero-order valence-corrected chi connectivity index (χ0v) is 13.5. The Bertz CT molecular complexity index is 718. The highest BCUT2D eigenvalue weighted by molar-refractivity contribution is 7.99. The molecule has 3 heterocycles. The molecule has 1 aromatic carbocycles. The van der Waals surface area contributed by atoms with E-state index < -0.39 is 0 Å². The van der Waals surface area contributed by atoms with Crippen molar-refractivity contribution >= 4 is 23.5 Å². The van der Waals surface area contributed by atoms with Crippen LogP contribution in [0.25, 0.3) is 11.8 Å². The summed E-state index contributed by atoms with van der Waals surface area (Å²) in [6, 6.07) is 12.9. The second-order valence-corrected chi connectivity index (χ2v) is 6.85. The molecule has 1 fully saturated rings. The van der Waals surface area contributed by atoms with Crippen molar-refractivity contribution in [2.45, 2.75) is 9.92 Å². The third-order valence-corrected chi connectivity index (χ3v) is 5.42. The van der Waals surface area contributed by atoms with Crippen molar-refractivity contribution in [3.63, 3.8) is 0 Å². The zero-order chi connectivity index (χ0) is 14.9. The lowest BCUT2D eigenvalue weighted by Crippen LogP contribution is -2.43. The molecule has 0 bridgehead atoms. The van der Waals surface area contributed by atoms with E-state index in [0.29, 0.717) is 0 Å². The molecule has 1 saturated heterocycles. The van der Waals surface area contributed by atoms with Crippen LogP contribution in [0.4, 0.5) is 0 Å². The smallest absolute Gasteiger partial charge is 0.108 e. The number of likely N-dealkylation sites (N-methyl/N-ethyl adjacent to an activating group) is 1. The predicted molar refractivity (Wildman–Crippen MR) is 91.7 cm³/mol. The van der Waals surface area contributed by atoms with Gasteiger partial charge in [0.05, 0.1) is 0 Å². The Kier molecular flexibility index (Phi) is 3.64. The van der Waals surface area contributed by atoms with Gasteiger partial charge in [-0.3, -0.25) is 0 Å². The Morgan fingerprint density at radius 3 is 2.68 bits per heavy atom. The first-order valence-corrected chi connectivity index (χ1v) is 8.50. The topological polar surface area (TPSA) is 19.4 Å². The Morgan fingerprint density at radius 1 is 1.00 bits per heavy atom. The van der Waals surface area contributed by atoms with Gasteiger partial charge in [0.25, 0.3) is 0 Å². The number of hydrogen-bond acceptors (Lipinski definition) is 4. The van der Waals surface area contributed by atoms with E-state index in [0.717, 1.165) is 31.2 Å². The molecular weight excluding hydrogens is 290 g/mol. The van der Waals surface area contributed by atoms with Gasteiger partial charge in [0.1, 0.15) is 5.03 Å². The highest BCUT2D eigenvalue weighted by atomic mass is 32.2. The first-order chi connectivity index (χ1) is 10.8. The fraction of sp³-hybridized carbons (Fsp3) is 0.278. The average Bonchev–Trinajstić information content (AvgIpc) is 2.72. The first kappa shape index (κ1) is 13.9. The van der Waals surface area contributed by atoms with Crippen LogP contribution in [0.15, 0.2) is 52.5 Å². The monoisotopic (exact) mass is 309 g/mol. The number of aromatic nitrogens is 1. The quantitative estimate of drug-likeness (QED) is 0.805. The minimum atomic E-state index is 1.08. The van der Waals surface area contributed by atoms with Crippen molar-refractivity contribution in [1.29, 1.82) is 0 Å². The molecule has 4 rings (SSSR count). The van der Waals surface area contributed by atoms with Crippen molar-refractivity contribution in [3.8, 4) is 0 Å². The Morgan fingerprint density at radius 2 is 1.82 bits per heavy atom. The molecule has 0 unspecified atom stereocenters. The van der Waals surface area contributed by atoms with Crippen molar-refractivity contribution in [3.05, 3.63) is 53.7 Å². The Hall–Kier alpha value is -1.78. The van der Waals surface area contributed by atoms with E-state index in [1.165, 1.54) is 21.7 Å². The van der Waals surface area contributed by atoms with Crippen LogP contribution in [-0.4, -0.2) is 48.0 Å². The van der Waals surface area contributed by atoms with Gasteiger partial charge in [-0.05, 0) is 25.3 Å². The van der Waals surface area contributed by atoms with Crippen LogP contribution in [0.1, 0.15) is 11.1 Å². The number of fused-ring (bicyclic) bond motifs is 2. The van der Waals surface area contributed by atoms with E-state index in [4.69, 9.17) is 0 Å². The van der Waals surface area contributed by atoms with Crippen LogP contribution < -0.4 is 0 Å². The number of benzene rings is 1. The van der Waals surface area contributed by atoms with E-state index >= 15 is 0 Å². The van der Waals surface area contributed by atoms with E-state index in [2.05, 4.69) is 58.2 Å². The normalized spacial score (nSPS) is 18.2. The largest absolute Gasteiger partial charge is 0.368 e. The van der Waals surface area contributed by atoms with Gasteiger partial charge in [0.15, 0.2) is 0 Å². The molecule has 3 nitrogen and oxygen atoms in total. The lowest BCUT2D eigenvalue weighted by Gasteiger charge is -2.36. The summed E-state index contributed by atoms with van der Waals surface area (Å²) in [6.07, 6.45) is 4.19. The lowest BCUT2D eigenvalue weighted by molar-refractivity contribution is 0.207. The predicted octanol–water partition coefficient (Wildman–Crippen LogP) is 3.29. The van der Waals surface area contributed by atoms with Gasteiger partial charge < -0.3 is 9.80 Å². The fourth-order valence-corrected chi connectivity index (χ4v) is 4.00. The summed E-state index contributed by atoms with van der Waals surface area (Å²) < 4.78 is 0. The van der Waals surface area contributed by atoms with Gasteiger partial charge in [-0.1, -0.05) is 36.0 Å². The average molecular weight is 309 g/mol. The van der Waals surface area contributed by atoms with Crippen LogP contribution in [0.5, 0.6) is 0 Å². The highest BCUT2D eigenvalue weighted by Crippen LogP contribution is 2.40. The van der Waals surface area contributed by atoms with Crippen LogP contribution in [0.2, 0.25) is 0 Å². The summed E-state index contributed by atoms with van der Waals surface area (Å²) in [5.74, 6) is 0. The fourth-order valence-electron chi connectivity index (χ4n) is 3.00. The first-order valence-electron chi connectivity index (χ1n) is 7.69. The summed E-state index contributed by atoms with van der Waals surface area (Å²) in [5.41, 5.74) is 3.88. The summed E-state index contributed by atoms with van der Waals surface area (Å²) in [5, 5.41) is 1.10. The van der Waals surface area contributed by atoms with Crippen molar-refractivity contribution in [2.75, 3.05) is 33.2 Å². The van der Waals surface area contributed by atoms with Crippen molar-refractivity contribution in [1.82, 2.24) is 14.8 Å². The van der Waals surface area contributed by atoms with Gasteiger partial charge in [-0.25, -0.2) is 4.98 Å². The molecule has 2 aromatic rings. The third-order valence-electron chi connectivity index (χ3n) is 4.31. The summed E-state index contributed by atoms with van der Waals surface area (Å²) in [6.45, 7) is 4.40. The number of hydrogen-bond donors (Lipinski definition) is 0. The van der Waals surface area contributed by atoms with Crippen LogP contribution in [-0.2, 0) is 0 Å². The van der Waals surface area contributed by atoms with Gasteiger partial charge in [-0.15, -0.1) is 0 Å². The molecule has 112 valence electrons. The number of nitrogens with zero attached hydrogens (tertiary/aromatic N) is 3. The summed E-state index contributed by atoms with van der Waals surface area (Å²) >= 11 is 1.77. The minimum Gasteiger partial charge on any atom is -0.368 e. The molecule has 0 radical (unpaired) electrons. The molecule has 2 aliphatic heterocycles. The summed E-state index contributed by atoms with van der Waals surface area (Å²) in [4.78, 5) is 10.8.